The fraction of sp³-hybridized carbons (Fsp3) is 0.714. The molecule has 1 atom stereocenters. The maximum Gasteiger partial charge on any atom is 0.221 e. The van der Waals surface area contributed by atoms with Gasteiger partial charge in [0.15, 0.2) is 0 Å². The van der Waals surface area contributed by atoms with Gasteiger partial charge in [-0.1, -0.05) is 20.3 Å². The molecule has 2 rings (SSSR count). The zero-order chi connectivity index (χ0) is 13.1. The summed E-state index contributed by atoms with van der Waals surface area (Å²) in [5.74, 6) is 3.15. The molecule has 18 heavy (non-hydrogen) atoms. The van der Waals surface area contributed by atoms with E-state index in [0.29, 0.717) is 30.1 Å². The van der Waals surface area contributed by atoms with Crippen molar-refractivity contribution in [2.75, 3.05) is 12.3 Å². The summed E-state index contributed by atoms with van der Waals surface area (Å²) in [6.45, 7) is 7.02. The van der Waals surface area contributed by atoms with E-state index < -0.39 is 0 Å². The van der Waals surface area contributed by atoms with Crippen LogP contribution in [0.2, 0.25) is 0 Å². The molecule has 1 aliphatic carbocycles. The lowest BCUT2D eigenvalue weighted by Crippen LogP contribution is -2.12. The first-order chi connectivity index (χ1) is 8.61. The zero-order valence-electron chi connectivity index (χ0n) is 11.6. The molecular formula is C14H23N3O. The van der Waals surface area contributed by atoms with Crippen molar-refractivity contribution >= 4 is 5.82 Å². The molecule has 0 bridgehead atoms. The van der Waals surface area contributed by atoms with Gasteiger partial charge in [-0.2, -0.15) is 4.98 Å². The van der Waals surface area contributed by atoms with E-state index in [-0.39, 0.29) is 0 Å². The van der Waals surface area contributed by atoms with Gasteiger partial charge in [-0.05, 0) is 32.1 Å². The Labute approximate surface area is 109 Å². The number of hydrogen-bond acceptors (Lipinski definition) is 4. The highest BCUT2D eigenvalue weighted by molar-refractivity contribution is 5.45. The molecular weight excluding hydrogens is 226 g/mol. The second kappa shape index (κ2) is 5.55. The van der Waals surface area contributed by atoms with Crippen molar-refractivity contribution in [2.45, 2.75) is 52.4 Å². The fourth-order valence-corrected chi connectivity index (χ4v) is 1.99. The van der Waals surface area contributed by atoms with Gasteiger partial charge >= 0.3 is 0 Å². The zero-order valence-corrected chi connectivity index (χ0v) is 11.6. The first-order valence-corrected chi connectivity index (χ1v) is 6.88. The smallest absolute Gasteiger partial charge is 0.221 e. The van der Waals surface area contributed by atoms with E-state index in [1.165, 1.54) is 25.7 Å². The summed E-state index contributed by atoms with van der Waals surface area (Å²) in [5.41, 5.74) is 6.78. The predicted octanol–water partition coefficient (Wildman–Crippen LogP) is 3.06. The summed E-state index contributed by atoms with van der Waals surface area (Å²) in [7, 11) is 0. The molecule has 2 N–H and O–H groups in total. The number of nitrogen functional groups attached to an aromatic ring is 1. The fourth-order valence-electron chi connectivity index (χ4n) is 1.99. The largest absolute Gasteiger partial charge is 0.477 e. The highest BCUT2D eigenvalue weighted by Crippen LogP contribution is 2.39. The van der Waals surface area contributed by atoms with Gasteiger partial charge in [-0.25, -0.2) is 4.98 Å². The van der Waals surface area contributed by atoms with Crippen LogP contribution in [0.1, 0.15) is 56.8 Å². The summed E-state index contributed by atoms with van der Waals surface area (Å²) < 4.78 is 5.82. The first kappa shape index (κ1) is 13.1. The molecule has 0 spiro atoms. The summed E-state index contributed by atoms with van der Waals surface area (Å²) >= 11 is 0. The Morgan fingerprint density at radius 2 is 2.11 bits per heavy atom. The monoisotopic (exact) mass is 249 g/mol. The average molecular weight is 249 g/mol. The van der Waals surface area contributed by atoms with E-state index in [1.54, 1.807) is 0 Å². The van der Waals surface area contributed by atoms with Gasteiger partial charge in [-0.3, -0.25) is 0 Å². The quantitative estimate of drug-likeness (QED) is 0.841. The second-order valence-electron chi connectivity index (χ2n) is 5.38. The van der Waals surface area contributed by atoms with E-state index in [0.717, 1.165) is 11.4 Å². The summed E-state index contributed by atoms with van der Waals surface area (Å²) in [6, 6.07) is 0. The van der Waals surface area contributed by atoms with Crippen molar-refractivity contribution in [3.63, 3.8) is 0 Å². The van der Waals surface area contributed by atoms with E-state index in [4.69, 9.17) is 10.5 Å². The third kappa shape index (κ3) is 3.12. The Hall–Kier alpha value is -1.32. The molecule has 1 heterocycles. The topological polar surface area (TPSA) is 61.0 Å². The summed E-state index contributed by atoms with van der Waals surface area (Å²) in [5, 5.41) is 0. The van der Waals surface area contributed by atoms with Crippen LogP contribution in [0.5, 0.6) is 5.88 Å². The minimum Gasteiger partial charge on any atom is -0.477 e. The van der Waals surface area contributed by atoms with Crippen LogP contribution in [-0.2, 0) is 0 Å². The highest BCUT2D eigenvalue weighted by Gasteiger charge is 2.28. The summed E-state index contributed by atoms with van der Waals surface area (Å²) in [4.78, 5) is 8.86. The van der Waals surface area contributed by atoms with Crippen LogP contribution in [0.25, 0.3) is 0 Å². The van der Waals surface area contributed by atoms with Crippen LogP contribution < -0.4 is 10.5 Å². The molecule has 1 unspecified atom stereocenters. The Morgan fingerprint density at radius 1 is 1.39 bits per heavy atom. The standard InChI is InChI=1S/C14H23N3O/c1-4-5-9(2)8-18-14-10(3)12(15)16-13(17-14)11-6-7-11/h9,11H,4-8H2,1-3H3,(H2,15,16,17). The Balaban J connectivity index is 2.06. The number of aromatic nitrogens is 2. The van der Waals surface area contributed by atoms with Gasteiger partial charge < -0.3 is 10.5 Å². The number of ether oxygens (including phenoxy) is 1. The molecule has 0 aliphatic heterocycles. The van der Waals surface area contributed by atoms with Gasteiger partial charge in [0.1, 0.15) is 11.6 Å². The number of nitrogens with zero attached hydrogens (tertiary/aromatic N) is 2. The van der Waals surface area contributed by atoms with Gasteiger partial charge in [0.2, 0.25) is 5.88 Å². The van der Waals surface area contributed by atoms with Gasteiger partial charge in [0.25, 0.3) is 0 Å². The molecule has 100 valence electrons. The van der Waals surface area contributed by atoms with Crippen molar-refractivity contribution < 1.29 is 4.74 Å². The Morgan fingerprint density at radius 3 is 2.72 bits per heavy atom. The van der Waals surface area contributed by atoms with Crippen molar-refractivity contribution in [1.29, 1.82) is 0 Å². The minimum absolute atomic E-state index is 0.503. The molecule has 0 amide bonds. The lowest BCUT2D eigenvalue weighted by atomic mass is 10.1. The number of anilines is 1. The van der Waals surface area contributed by atoms with Crippen LogP contribution in [0.4, 0.5) is 5.82 Å². The molecule has 4 nitrogen and oxygen atoms in total. The molecule has 0 aromatic carbocycles. The van der Waals surface area contributed by atoms with Crippen molar-refractivity contribution in [3.8, 4) is 5.88 Å². The molecule has 1 fully saturated rings. The minimum atomic E-state index is 0.503. The third-order valence-electron chi connectivity index (χ3n) is 3.38. The van der Waals surface area contributed by atoms with Crippen LogP contribution in [0, 0.1) is 12.8 Å². The normalized spacial score (nSPS) is 16.6. The molecule has 1 aliphatic rings. The van der Waals surface area contributed by atoms with Gasteiger partial charge in [-0.15, -0.1) is 0 Å². The molecule has 0 saturated heterocycles. The van der Waals surface area contributed by atoms with E-state index >= 15 is 0 Å². The van der Waals surface area contributed by atoms with Crippen LogP contribution in [-0.4, -0.2) is 16.6 Å². The maximum atomic E-state index is 5.92. The lowest BCUT2D eigenvalue weighted by Gasteiger charge is -2.14. The molecule has 0 radical (unpaired) electrons. The van der Waals surface area contributed by atoms with Crippen molar-refractivity contribution in [3.05, 3.63) is 11.4 Å². The SMILES string of the molecule is CCCC(C)COc1nc(C2CC2)nc(N)c1C. The molecule has 4 heteroatoms. The third-order valence-corrected chi connectivity index (χ3v) is 3.38. The number of nitrogens with two attached hydrogens (primary N) is 1. The molecule has 1 aromatic heterocycles. The van der Waals surface area contributed by atoms with Gasteiger partial charge in [0.05, 0.1) is 12.2 Å². The first-order valence-electron chi connectivity index (χ1n) is 6.88. The average Bonchev–Trinajstić information content (AvgIpc) is 3.15. The van der Waals surface area contributed by atoms with E-state index in [9.17, 15) is 0 Å². The van der Waals surface area contributed by atoms with Gasteiger partial charge in [0, 0.05) is 5.92 Å². The van der Waals surface area contributed by atoms with Crippen LogP contribution >= 0.6 is 0 Å². The molecule has 1 aromatic rings. The van der Waals surface area contributed by atoms with Crippen LogP contribution in [0.3, 0.4) is 0 Å². The lowest BCUT2D eigenvalue weighted by molar-refractivity contribution is 0.240. The van der Waals surface area contributed by atoms with Crippen molar-refractivity contribution in [1.82, 2.24) is 9.97 Å². The number of rotatable bonds is 6. The van der Waals surface area contributed by atoms with Crippen molar-refractivity contribution in [2.24, 2.45) is 5.92 Å². The van der Waals surface area contributed by atoms with E-state index in [2.05, 4.69) is 23.8 Å². The predicted molar refractivity (Wildman–Crippen MR) is 72.7 cm³/mol. The van der Waals surface area contributed by atoms with E-state index in [1.807, 2.05) is 6.92 Å². The highest BCUT2D eigenvalue weighted by atomic mass is 16.5. The summed E-state index contributed by atoms with van der Waals surface area (Å²) in [6.07, 6.45) is 4.71. The molecule has 1 saturated carbocycles. The Kier molecular flexibility index (Phi) is 4.04. The van der Waals surface area contributed by atoms with Crippen LogP contribution in [0.15, 0.2) is 0 Å². The maximum absolute atomic E-state index is 5.92. The second-order valence-corrected chi connectivity index (χ2v) is 5.38. The Bertz CT molecular complexity index is 416. The number of hydrogen-bond donors (Lipinski definition) is 1.